The summed E-state index contributed by atoms with van der Waals surface area (Å²) < 4.78 is 13.1. The van der Waals surface area contributed by atoms with Gasteiger partial charge in [-0.3, -0.25) is 9.59 Å². The quantitative estimate of drug-likeness (QED) is 0.847. The van der Waals surface area contributed by atoms with Gasteiger partial charge in [0.15, 0.2) is 5.82 Å². The monoisotopic (exact) mass is 343 g/mol. The summed E-state index contributed by atoms with van der Waals surface area (Å²) in [5.41, 5.74) is 1.09. The number of nitrogens with one attached hydrogen (secondary N) is 2. The number of rotatable bonds is 6. The number of aryl methyl sites for hydroxylation is 1. The molecule has 0 spiro atoms. The zero-order chi connectivity index (χ0) is 18.0. The summed E-state index contributed by atoms with van der Waals surface area (Å²) in [6, 6.07) is 6.50. The van der Waals surface area contributed by atoms with Gasteiger partial charge in [0.05, 0.1) is 0 Å². The molecule has 3 rings (SSSR count). The van der Waals surface area contributed by atoms with Gasteiger partial charge in [0.1, 0.15) is 5.82 Å². The number of aromatic amines is 1. The molecule has 2 aromatic rings. The van der Waals surface area contributed by atoms with Crippen molar-refractivity contribution in [2.45, 2.75) is 33.1 Å². The SMILES string of the molecule is Cc1cnc(C(=O)NC[C@](C)(Cc2ccc(F)cc2)C2CC2)[nH]c1=O. The first kappa shape index (κ1) is 17.3. The van der Waals surface area contributed by atoms with Crippen molar-refractivity contribution >= 4 is 5.91 Å². The van der Waals surface area contributed by atoms with E-state index in [2.05, 4.69) is 22.2 Å². The van der Waals surface area contributed by atoms with Crippen molar-refractivity contribution in [1.29, 1.82) is 0 Å². The molecule has 0 saturated heterocycles. The van der Waals surface area contributed by atoms with Gasteiger partial charge in [0.25, 0.3) is 11.5 Å². The highest BCUT2D eigenvalue weighted by atomic mass is 19.1. The van der Waals surface area contributed by atoms with E-state index >= 15 is 0 Å². The van der Waals surface area contributed by atoms with Crippen molar-refractivity contribution in [2.75, 3.05) is 6.54 Å². The van der Waals surface area contributed by atoms with Crippen LogP contribution in [0.5, 0.6) is 0 Å². The molecule has 1 atom stereocenters. The van der Waals surface area contributed by atoms with Gasteiger partial charge in [0.2, 0.25) is 0 Å². The van der Waals surface area contributed by atoms with Crippen molar-refractivity contribution in [3.8, 4) is 0 Å². The van der Waals surface area contributed by atoms with Crippen molar-refractivity contribution in [2.24, 2.45) is 11.3 Å². The Hall–Kier alpha value is -2.50. The molecule has 0 unspecified atom stereocenters. The van der Waals surface area contributed by atoms with Gasteiger partial charge in [-0.1, -0.05) is 19.1 Å². The topological polar surface area (TPSA) is 74.8 Å². The van der Waals surface area contributed by atoms with E-state index in [-0.39, 0.29) is 28.5 Å². The van der Waals surface area contributed by atoms with E-state index in [9.17, 15) is 14.0 Å². The van der Waals surface area contributed by atoms with Crippen LogP contribution in [0, 0.1) is 24.1 Å². The van der Waals surface area contributed by atoms with E-state index < -0.39 is 0 Å². The predicted octanol–water partition coefficient (Wildman–Crippen LogP) is 2.61. The van der Waals surface area contributed by atoms with E-state index in [1.54, 1.807) is 19.1 Å². The molecule has 25 heavy (non-hydrogen) atoms. The van der Waals surface area contributed by atoms with Gasteiger partial charge in [-0.2, -0.15) is 0 Å². The van der Waals surface area contributed by atoms with Gasteiger partial charge < -0.3 is 10.3 Å². The van der Waals surface area contributed by atoms with Crippen LogP contribution in [0.2, 0.25) is 0 Å². The second-order valence-corrected chi connectivity index (χ2v) is 7.16. The van der Waals surface area contributed by atoms with Crippen LogP contribution in [0.4, 0.5) is 4.39 Å². The minimum atomic E-state index is -0.386. The van der Waals surface area contributed by atoms with Crippen LogP contribution in [0.25, 0.3) is 0 Å². The Morgan fingerprint density at radius 1 is 1.36 bits per heavy atom. The van der Waals surface area contributed by atoms with Crippen LogP contribution in [-0.2, 0) is 6.42 Å². The molecule has 1 aliphatic rings. The van der Waals surface area contributed by atoms with Crippen LogP contribution >= 0.6 is 0 Å². The smallest absolute Gasteiger partial charge is 0.287 e. The molecule has 1 fully saturated rings. The van der Waals surface area contributed by atoms with Crippen LogP contribution in [-0.4, -0.2) is 22.4 Å². The van der Waals surface area contributed by atoms with Crippen molar-refractivity contribution in [1.82, 2.24) is 15.3 Å². The molecular formula is C19H22FN3O2. The lowest BCUT2D eigenvalue weighted by Crippen LogP contribution is -2.39. The summed E-state index contributed by atoms with van der Waals surface area (Å²) in [6.45, 7) is 4.26. The molecule has 132 valence electrons. The molecule has 5 nitrogen and oxygen atoms in total. The summed E-state index contributed by atoms with van der Waals surface area (Å²) in [5.74, 6) is -0.0823. The minimum Gasteiger partial charge on any atom is -0.349 e. The standard InChI is InChI=1S/C19H22FN3O2/c1-12-10-21-16(23-17(12)24)18(25)22-11-19(2,14-5-6-14)9-13-3-7-15(20)8-4-13/h3-4,7-8,10,14H,5-6,9,11H2,1-2H3,(H,22,25)(H,21,23,24)/t19-/m0/s1. The molecule has 0 bridgehead atoms. The summed E-state index contributed by atoms with van der Waals surface area (Å²) in [7, 11) is 0. The molecule has 0 radical (unpaired) electrons. The van der Waals surface area contributed by atoms with Crippen molar-refractivity contribution < 1.29 is 9.18 Å². The number of aromatic nitrogens is 2. The highest BCUT2D eigenvalue weighted by Crippen LogP contribution is 2.47. The Morgan fingerprint density at radius 3 is 2.64 bits per heavy atom. The third kappa shape index (κ3) is 4.13. The minimum absolute atomic E-state index is 0.0236. The number of halogens is 1. The van der Waals surface area contributed by atoms with E-state index in [0.29, 0.717) is 18.0 Å². The number of benzene rings is 1. The fourth-order valence-corrected chi connectivity index (χ4v) is 3.14. The Balaban J connectivity index is 1.69. The second-order valence-electron chi connectivity index (χ2n) is 7.16. The van der Waals surface area contributed by atoms with E-state index in [1.807, 2.05) is 0 Å². The van der Waals surface area contributed by atoms with E-state index in [0.717, 1.165) is 24.8 Å². The van der Waals surface area contributed by atoms with Gasteiger partial charge >= 0.3 is 0 Å². The first-order valence-electron chi connectivity index (χ1n) is 8.46. The van der Waals surface area contributed by atoms with Crippen LogP contribution in [0.1, 0.15) is 41.5 Å². The molecule has 1 amide bonds. The van der Waals surface area contributed by atoms with Gasteiger partial charge in [-0.15, -0.1) is 0 Å². The van der Waals surface area contributed by atoms with Crippen LogP contribution in [0.15, 0.2) is 35.3 Å². The number of amides is 1. The van der Waals surface area contributed by atoms with E-state index in [4.69, 9.17) is 0 Å². The number of carbonyl (C=O) groups is 1. The highest BCUT2D eigenvalue weighted by molar-refractivity contribution is 5.90. The molecule has 1 aromatic carbocycles. The Morgan fingerprint density at radius 2 is 2.04 bits per heavy atom. The molecule has 1 aromatic heterocycles. The molecular weight excluding hydrogens is 321 g/mol. The van der Waals surface area contributed by atoms with Gasteiger partial charge in [-0.05, 0) is 55.2 Å². The van der Waals surface area contributed by atoms with Crippen molar-refractivity contribution in [3.05, 3.63) is 63.6 Å². The highest BCUT2D eigenvalue weighted by Gasteiger charge is 2.41. The lowest BCUT2D eigenvalue weighted by Gasteiger charge is -2.30. The fraction of sp³-hybridized carbons (Fsp3) is 0.421. The maximum atomic E-state index is 13.1. The lowest BCUT2D eigenvalue weighted by atomic mass is 9.79. The third-order valence-corrected chi connectivity index (χ3v) is 4.93. The lowest BCUT2D eigenvalue weighted by molar-refractivity contribution is 0.0915. The predicted molar refractivity (Wildman–Crippen MR) is 92.9 cm³/mol. The summed E-state index contributed by atoms with van der Waals surface area (Å²) in [6.07, 6.45) is 4.42. The average molecular weight is 343 g/mol. The number of hydrogen-bond acceptors (Lipinski definition) is 3. The zero-order valence-electron chi connectivity index (χ0n) is 14.4. The molecule has 6 heteroatoms. The Bertz CT molecular complexity index is 827. The largest absolute Gasteiger partial charge is 0.349 e. The Labute approximate surface area is 145 Å². The summed E-state index contributed by atoms with van der Waals surface area (Å²) >= 11 is 0. The molecule has 2 N–H and O–H groups in total. The molecule has 0 aliphatic heterocycles. The number of carbonyl (C=O) groups excluding carboxylic acids is 1. The maximum absolute atomic E-state index is 13.1. The van der Waals surface area contributed by atoms with Crippen LogP contribution in [0.3, 0.4) is 0 Å². The first-order chi connectivity index (χ1) is 11.9. The third-order valence-electron chi connectivity index (χ3n) is 4.93. The Kier molecular flexibility index (Phi) is 4.70. The summed E-state index contributed by atoms with van der Waals surface area (Å²) in [5, 5.41) is 2.89. The summed E-state index contributed by atoms with van der Waals surface area (Å²) in [4.78, 5) is 30.4. The first-order valence-corrected chi connectivity index (χ1v) is 8.46. The number of H-pyrrole nitrogens is 1. The number of hydrogen-bond donors (Lipinski definition) is 2. The molecule has 1 aliphatic carbocycles. The van der Waals surface area contributed by atoms with Gasteiger partial charge in [0, 0.05) is 18.3 Å². The second kappa shape index (κ2) is 6.78. The maximum Gasteiger partial charge on any atom is 0.287 e. The fourth-order valence-electron chi connectivity index (χ4n) is 3.14. The van der Waals surface area contributed by atoms with Crippen molar-refractivity contribution in [3.63, 3.8) is 0 Å². The number of nitrogens with zero attached hydrogens (tertiary/aromatic N) is 1. The van der Waals surface area contributed by atoms with E-state index in [1.165, 1.54) is 18.3 Å². The van der Waals surface area contributed by atoms with Crippen LogP contribution < -0.4 is 10.9 Å². The average Bonchev–Trinajstić information content (AvgIpc) is 3.43. The molecule has 1 saturated carbocycles. The molecule has 1 heterocycles. The normalized spacial score (nSPS) is 16.3. The van der Waals surface area contributed by atoms with Gasteiger partial charge in [-0.25, -0.2) is 9.37 Å². The zero-order valence-corrected chi connectivity index (χ0v) is 14.4.